The number of hydrogen-bond donors (Lipinski definition) is 1. The third kappa shape index (κ3) is 3.96. The van der Waals surface area contributed by atoms with E-state index in [9.17, 15) is 0 Å². The number of H-pyrrole nitrogens is 1. The number of rotatable bonds is 5. The number of nitrogens with one attached hydrogen (secondary N) is 2. The lowest BCUT2D eigenvalue weighted by molar-refractivity contribution is -0.893. The van der Waals surface area contributed by atoms with Gasteiger partial charge in [0.25, 0.3) is 0 Å². The molecule has 3 heteroatoms. The van der Waals surface area contributed by atoms with Gasteiger partial charge in [-0.3, -0.25) is 4.98 Å². The summed E-state index contributed by atoms with van der Waals surface area (Å²) < 4.78 is 0. The Labute approximate surface area is 102 Å². The largest absolute Gasteiger partial charge is 0.333 e. The van der Waals surface area contributed by atoms with Crippen LogP contribution in [0.2, 0.25) is 0 Å². The summed E-state index contributed by atoms with van der Waals surface area (Å²) in [7, 11) is 2.23. The van der Waals surface area contributed by atoms with Crippen LogP contribution < -0.4 is 9.88 Å². The van der Waals surface area contributed by atoms with Crippen LogP contribution in [0.1, 0.15) is 11.3 Å². The molecule has 0 spiro atoms. The van der Waals surface area contributed by atoms with Gasteiger partial charge in [0.1, 0.15) is 6.54 Å². The van der Waals surface area contributed by atoms with Gasteiger partial charge in [-0.1, -0.05) is 6.07 Å². The van der Waals surface area contributed by atoms with E-state index >= 15 is 0 Å². The second-order valence-electron chi connectivity index (χ2n) is 4.38. The summed E-state index contributed by atoms with van der Waals surface area (Å²) in [5.74, 6) is 0. The number of aromatic amines is 1. The summed E-state index contributed by atoms with van der Waals surface area (Å²) >= 11 is 0. The molecule has 0 radical (unpaired) electrons. The summed E-state index contributed by atoms with van der Waals surface area (Å²) in [6, 6.07) is 10.4. The molecular formula is C14H19N3+2. The van der Waals surface area contributed by atoms with Crippen molar-refractivity contribution < 1.29 is 9.88 Å². The Kier molecular flexibility index (Phi) is 4.22. The smallest absolute Gasteiger partial charge is 0.185 e. The average molecular weight is 229 g/mol. The SMILES string of the molecule is C[NH+](CCc1cccc[nH+]1)Cc1ccncc1. The molecule has 0 bridgehead atoms. The number of quaternary nitrogens is 1. The fraction of sp³-hybridized carbons (Fsp3) is 0.286. The molecule has 0 amide bonds. The van der Waals surface area contributed by atoms with E-state index in [0.29, 0.717) is 0 Å². The third-order valence-corrected chi connectivity index (χ3v) is 2.85. The van der Waals surface area contributed by atoms with E-state index in [1.807, 2.05) is 24.7 Å². The molecule has 1 unspecified atom stereocenters. The monoisotopic (exact) mass is 229 g/mol. The van der Waals surface area contributed by atoms with Crippen LogP contribution in [0.15, 0.2) is 48.9 Å². The predicted molar refractivity (Wildman–Crippen MR) is 66.4 cm³/mol. The standard InChI is InChI=1S/C14H17N3/c1-17(12-13-5-9-15-10-6-13)11-7-14-4-2-3-8-16-14/h2-6,8-10H,7,11-12H2,1H3/p+2. The van der Waals surface area contributed by atoms with Gasteiger partial charge in [0.2, 0.25) is 0 Å². The summed E-state index contributed by atoms with van der Waals surface area (Å²) in [6.07, 6.45) is 6.77. The van der Waals surface area contributed by atoms with Gasteiger partial charge in [0.15, 0.2) is 11.9 Å². The van der Waals surface area contributed by atoms with Crippen molar-refractivity contribution in [2.45, 2.75) is 13.0 Å². The molecule has 88 valence electrons. The van der Waals surface area contributed by atoms with Crippen LogP contribution in [0.4, 0.5) is 0 Å². The van der Waals surface area contributed by atoms with Crippen LogP contribution in [-0.2, 0) is 13.0 Å². The third-order valence-electron chi connectivity index (χ3n) is 2.85. The van der Waals surface area contributed by atoms with Gasteiger partial charge < -0.3 is 4.90 Å². The molecule has 2 N–H and O–H groups in total. The molecule has 1 atom stereocenters. The molecule has 0 fully saturated rings. The number of pyridine rings is 2. The molecule has 2 aromatic rings. The molecule has 2 heterocycles. The van der Waals surface area contributed by atoms with E-state index in [4.69, 9.17) is 0 Å². The molecule has 0 aliphatic carbocycles. The molecule has 2 rings (SSSR count). The Balaban J connectivity index is 1.80. The minimum Gasteiger partial charge on any atom is -0.333 e. The molecule has 0 aliphatic heterocycles. The Morgan fingerprint density at radius 2 is 2.00 bits per heavy atom. The van der Waals surface area contributed by atoms with Crippen LogP contribution in [0, 0.1) is 0 Å². The van der Waals surface area contributed by atoms with Gasteiger partial charge >= 0.3 is 0 Å². The second-order valence-corrected chi connectivity index (χ2v) is 4.38. The zero-order valence-electron chi connectivity index (χ0n) is 10.2. The minimum absolute atomic E-state index is 1.05. The number of likely N-dealkylation sites (N-methyl/N-ethyl adjacent to an activating group) is 1. The van der Waals surface area contributed by atoms with Crippen molar-refractivity contribution in [3.8, 4) is 0 Å². The zero-order valence-corrected chi connectivity index (χ0v) is 10.2. The lowest BCUT2D eigenvalue weighted by Crippen LogP contribution is -3.07. The molecule has 0 aromatic carbocycles. The summed E-state index contributed by atoms with van der Waals surface area (Å²) in [6.45, 7) is 2.18. The van der Waals surface area contributed by atoms with Crippen molar-refractivity contribution in [1.29, 1.82) is 0 Å². The van der Waals surface area contributed by atoms with Crippen molar-refractivity contribution in [2.24, 2.45) is 0 Å². The lowest BCUT2D eigenvalue weighted by atomic mass is 10.2. The summed E-state index contributed by atoms with van der Waals surface area (Å²) in [5.41, 5.74) is 2.64. The van der Waals surface area contributed by atoms with E-state index in [2.05, 4.69) is 41.3 Å². The Hall–Kier alpha value is -1.74. The Morgan fingerprint density at radius 1 is 1.18 bits per heavy atom. The van der Waals surface area contributed by atoms with E-state index < -0.39 is 0 Å². The van der Waals surface area contributed by atoms with Gasteiger partial charge in [-0.15, -0.1) is 0 Å². The molecule has 0 aliphatic rings. The van der Waals surface area contributed by atoms with Gasteiger partial charge in [0, 0.05) is 30.1 Å². The maximum atomic E-state index is 4.03. The van der Waals surface area contributed by atoms with Gasteiger partial charge in [-0.25, -0.2) is 4.98 Å². The van der Waals surface area contributed by atoms with Crippen molar-refractivity contribution in [2.75, 3.05) is 13.6 Å². The Morgan fingerprint density at radius 3 is 2.71 bits per heavy atom. The second kappa shape index (κ2) is 6.11. The van der Waals surface area contributed by atoms with E-state index in [0.717, 1.165) is 19.5 Å². The molecule has 17 heavy (non-hydrogen) atoms. The first-order valence-corrected chi connectivity index (χ1v) is 6.00. The normalized spacial score (nSPS) is 12.3. The van der Waals surface area contributed by atoms with Crippen LogP contribution in [-0.4, -0.2) is 18.6 Å². The van der Waals surface area contributed by atoms with Crippen LogP contribution >= 0.6 is 0 Å². The topological polar surface area (TPSA) is 31.5 Å². The average Bonchev–Trinajstić information content (AvgIpc) is 2.39. The quantitative estimate of drug-likeness (QED) is 0.778. The van der Waals surface area contributed by atoms with E-state index in [1.54, 1.807) is 0 Å². The first-order valence-electron chi connectivity index (χ1n) is 6.00. The highest BCUT2D eigenvalue weighted by molar-refractivity contribution is 5.07. The van der Waals surface area contributed by atoms with Crippen LogP contribution in [0.3, 0.4) is 0 Å². The van der Waals surface area contributed by atoms with E-state index in [1.165, 1.54) is 16.2 Å². The fourth-order valence-electron chi connectivity index (χ4n) is 1.87. The summed E-state index contributed by atoms with van der Waals surface area (Å²) in [4.78, 5) is 8.80. The Bertz CT molecular complexity index is 428. The molecule has 2 aromatic heterocycles. The lowest BCUT2D eigenvalue weighted by Gasteiger charge is -2.12. The maximum absolute atomic E-state index is 4.03. The van der Waals surface area contributed by atoms with Gasteiger partial charge in [-0.05, 0) is 12.1 Å². The van der Waals surface area contributed by atoms with Crippen LogP contribution in [0.5, 0.6) is 0 Å². The fourth-order valence-corrected chi connectivity index (χ4v) is 1.87. The predicted octanol–water partition coefficient (Wildman–Crippen LogP) is 0.153. The first kappa shape index (κ1) is 11.7. The number of nitrogens with zero attached hydrogens (tertiary/aromatic N) is 1. The number of hydrogen-bond acceptors (Lipinski definition) is 1. The molecule has 0 saturated carbocycles. The first-order chi connectivity index (χ1) is 8.34. The molecular weight excluding hydrogens is 210 g/mol. The van der Waals surface area contributed by atoms with Crippen molar-refractivity contribution in [3.63, 3.8) is 0 Å². The van der Waals surface area contributed by atoms with Crippen LogP contribution in [0.25, 0.3) is 0 Å². The molecule has 0 saturated heterocycles. The van der Waals surface area contributed by atoms with Crippen molar-refractivity contribution in [1.82, 2.24) is 4.98 Å². The summed E-state index contributed by atoms with van der Waals surface area (Å²) in [5, 5.41) is 0. The van der Waals surface area contributed by atoms with Crippen molar-refractivity contribution >= 4 is 0 Å². The van der Waals surface area contributed by atoms with E-state index in [-0.39, 0.29) is 0 Å². The number of aromatic nitrogens is 2. The highest BCUT2D eigenvalue weighted by Gasteiger charge is 2.06. The van der Waals surface area contributed by atoms with Gasteiger partial charge in [0.05, 0.1) is 20.0 Å². The zero-order chi connectivity index (χ0) is 11.9. The molecule has 3 nitrogen and oxygen atoms in total. The minimum atomic E-state index is 1.05. The van der Waals surface area contributed by atoms with Crippen molar-refractivity contribution in [3.05, 3.63) is 60.2 Å². The highest BCUT2D eigenvalue weighted by atomic mass is 15.1. The van der Waals surface area contributed by atoms with Gasteiger partial charge in [-0.2, -0.15) is 0 Å². The highest BCUT2D eigenvalue weighted by Crippen LogP contribution is 1.92. The maximum Gasteiger partial charge on any atom is 0.185 e.